The third kappa shape index (κ3) is 3.63. The van der Waals surface area contributed by atoms with Crippen molar-refractivity contribution < 1.29 is 18.3 Å². The molecule has 0 saturated carbocycles. The van der Waals surface area contributed by atoms with Gasteiger partial charge in [0.05, 0.1) is 0 Å². The van der Waals surface area contributed by atoms with Gasteiger partial charge in [-0.2, -0.15) is 4.31 Å². The number of thiophene rings is 1. The predicted octanol–water partition coefficient (Wildman–Crippen LogP) is 3.24. The summed E-state index contributed by atoms with van der Waals surface area (Å²) in [5, 5.41) is 11.3. The molecule has 2 heterocycles. The summed E-state index contributed by atoms with van der Waals surface area (Å²) in [6.45, 7) is 0. The fraction of sp³-hybridized carbons (Fsp3) is 0.176. The van der Waals surface area contributed by atoms with Gasteiger partial charge in [-0.25, -0.2) is 18.2 Å². The van der Waals surface area contributed by atoms with Gasteiger partial charge in [0.1, 0.15) is 21.6 Å². The molecule has 3 aromatic rings. The Morgan fingerprint density at radius 1 is 1.30 bits per heavy atom. The van der Waals surface area contributed by atoms with Crippen LogP contribution in [0.15, 0.2) is 53.0 Å². The van der Waals surface area contributed by atoms with E-state index in [1.807, 2.05) is 0 Å². The van der Waals surface area contributed by atoms with Crippen LogP contribution in [0.25, 0.3) is 0 Å². The normalized spacial score (nSPS) is 13.0. The van der Waals surface area contributed by atoms with Crippen molar-refractivity contribution >= 4 is 38.9 Å². The second kappa shape index (κ2) is 7.43. The van der Waals surface area contributed by atoms with E-state index in [9.17, 15) is 18.3 Å². The lowest BCUT2D eigenvalue weighted by molar-refractivity contribution is 0.0698. The summed E-state index contributed by atoms with van der Waals surface area (Å²) in [7, 11) is -0.923. The van der Waals surface area contributed by atoms with Gasteiger partial charge < -0.3 is 9.67 Å². The zero-order valence-electron chi connectivity index (χ0n) is 14.4. The number of benzene rings is 1. The first-order valence-electron chi connectivity index (χ1n) is 7.75. The Balaban J connectivity index is 2.14. The van der Waals surface area contributed by atoms with Crippen molar-refractivity contribution in [2.75, 3.05) is 7.05 Å². The number of aryl methyl sites for hydroxylation is 1. The summed E-state index contributed by atoms with van der Waals surface area (Å²) >= 11 is 6.83. The Labute approximate surface area is 165 Å². The smallest absolute Gasteiger partial charge is 0.347 e. The number of carboxylic acids is 1. The van der Waals surface area contributed by atoms with E-state index in [1.165, 1.54) is 18.5 Å². The van der Waals surface area contributed by atoms with Crippen LogP contribution in [0, 0.1) is 0 Å². The van der Waals surface area contributed by atoms with Gasteiger partial charge in [0.25, 0.3) is 0 Å². The van der Waals surface area contributed by atoms with E-state index in [0.29, 0.717) is 16.4 Å². The number of hydrogen-bond donors (Lipinski definition) is 1. The molecule has 0 spiro atoms. The molecule has 0 aliphatic carbocycles. The van der Waals surface area contributed by atoms with Gasteiger partial charge in [-0.1, -0.05) is 23.7 Å². The molecule has 0 amide bonds. The van der Waals surface area contributed by atoms with Crippen LogP contribution in [0.4, 0.5) is 0 Å². The van der Waals surface area contributed by atoms with E-state index in [2.05, 4.69) is 4.98 Å². The molecule has 27 heavy (non-hydrogen) atoms. The molecule has 1 N–H and O–H groups in total. The molecule has 0 fully saturated rings. The molecule has 1 unspecified atom stereocenters. The number of rotatable bonds is 6. The highest BCUT2D eigenvalue weighted by molar-refractivity contribution is 7.89. The number of nitrogens with zero attached hydrogens (tertiary/aromatic N) is 3. The highest BCUT2D eigenvalue weighted by Gasteiger charge is 2.35. The van der Waals surface area contributed by atoms with Crippen LogP contribution < -0.4 is 0 Å². The number of sulfonamides is 1. The molecular weight excluding hydrogens is 410 g/mol. The Hall–Kier alpha value is -2.20. The van der Waals surface area contributed by atoms with Crippen LogP contribution in [-0.2, 0) is 17.1 Å². The zero-order valence-corrected chi connectivity index (χ0v) is 16.8. The Kier molecular flexibility index (Phi) is 5.38. The van der Waals surface area contributed by atoms with Crippen molar-refractivity contribution in [3.63, 3.8) is 0 Å². The third-order valence-electron chi connectivity index (χ3n) is 4.13. The summed E-state index contributed by atoms with van der Waals surface area (Å²) < 4.78 is 29.3. The third-order valence-corrected chi connectivity index (χ3v) is 7.28. The molecule has 0 aliphatic rings. The number of imidazole rings is 1. The molecule has 142 valence electrons. The second-order valence-corrected chi connectivity index (χ2v) is 9.11. The van der Waals surface area contributed by atoms with Crippen molar-refractivity contribution in [1.29, 1.82) is 0 Å². The minimum absolute atomic E-state index is 0.225. The van der Waals surface area contributed by atoms with Gasteiger partial charge in [0.15, 0.2) is 0 Å². The molecule has 0 bridgehead atoms. The number of aromatic nitrogens is 2. The first-order chi connectivity index (χ1) is 12.7. The SMILES string of the molecule is CN(C(c1ccc(Cl)cc1)c1nccn1C)S(=O)(=O)c1ccsc1C(=O)O. The van der Waals surface area contributed by atoms with Crippen LogP contribution in [0.3, 0.4) is 0 Å². The fourth-order valence-electron chi connectivity index (χ4n) is 2.76. The summed E-state index contributed by atoms with van der Waals surface area (Å²) in [6.07, 6.45) is 3.29. The highest BCUT2D eigenvalue weighted by Crippen LogP contribution is 2.34. The quantitative estimate of drug-likeness (QED) is 0.654. The van der Waals surface area contributed by atoms with Crippen LogP contribution >= 0.6 is 22.9 Å². The maximum absolute atomic E-state index is 13.2. The van der Waals surface area contributed by atoms with Crippen molar-refractivity contribution in [1.82, 2.24) is 13.9 Å². The first kappa shape index (κ1) is 19.6. The fourth-order valence-corrected chi connectivity index (χ4v) is 5.42. The van der Waals surface area contributed by atoms with E-state index in [-0.39, 0.29) is 9.77 Å². The van der Waals surface area contributed by atoms with Gasteiger partial charge in [0.2, 0.25) is 10.0 Å². The molecule has 0 radical (unpaired) electrons. The molecule has 10 heteroatoms. The van der Waals surface area contributed by atoms with Crippen LogP contribution in [0.2, 0.25) is 5.02 Å². The Morgan fingerprint density at radius 3 is 2.52 bits per heavy atom. The molecule has 0 aliphatic heterocycles. The van der Waals surface area contributed by atoms with Crippen LogP contribution in [-0.4, -0.2) is 40.4 Å². The number of carboxylic acid groups (broad SMARTS) is 1. The lowest BCUT2D eigenvalue weighted by atomic mass is 10.1. The Morgan fingerprint density at radius 2 is 1.96 bits per heavy atom. The van der Waals surface area contributed by atoms with Crippen LogP contribution in [0.5, 0.6) is 0 Å². The van der Waals surface area contributed by atoms with E-state index in [0.717, 1.165) is 15.6 Å². The maximum Gasteiger partial charge on any atom is 0.347 e. The summed E-state index contributed by atoms with van der Waals surface area (Å²) in [5.74, 6) is -0.785. The molecular formula is C17H16ClN3O4S2. The molecule has 2 aromatic heterocycles. The van der Waals surface area contributed by atoms with E-state index in [4.69, 9.17) is 11.6 Å². The lowest BCUT2D eigenvalue weighted by Crippen LogP contribution is -2.34. The van der Waals surface area contributed by atoms with Crippen LogP contribution in [0.1, 0.15) is 27.1 Å². The summed E-state index contributed by atoms with van der Waals surface area (Å²) in [6, 6.07) is 7.32. The van der Waals surface area contributed by atoms with Gasteiger partial charge >= 0.3 is 5.97 Å². The number of hydrogen-bond acceptors (Lipinski definition) is 5. The number of carbonyl (C=O) groups is 1. The topological polar surface area (TPSA) is 92.5 Å². The molecule has 1 atom stereocenters. The second-order valence-electron chi connectivity index (χ2n) is 5.79. The highest BCUT2D eigenvalue weighted by atomic mass is 35.5. The largest absolute Gasteiger partial charge is 0.477 e. The van der Waals surface area contributed by atoms with Gasteiger partial charge in [-0.15, -0.1) is 11.3 Å². The van der Waals surface area contributed by atoms with Crippen molar-refractivity contribution in [2.24, 2.45) is 7.05 Å². The maximum atomic E-state index is 13.2. The molecule has 1 aromatic carbocycles. The van der Waals surface area contributed by atoms with Crippen molar-refractivity contribution in [3.05, 3.63) is 69.4 Å². The standard InChI is InChI=1S/C17H16ClN3O4S2/c1-20-9-8-19-16(20)14(11-3-5-12(18)6-4-11)21(2)27(24,25)13-7-10-26-15(13)17(22)23/h3-10,14H,1-2H3,(H,22,23). The van der Waals surface area contributed by atoms with E-state index >= 15 is 0 Å². The first-order valence-corrected chi connectivity index (χ1v) is 10.4. The van der Waals surface area contributed by atoms with Crippen molar-refractivity contribution in [2.45, 2.75) is 10.9 Å². The molecule has 3 rings (SSSR count). The Bertz CT molecular complexity index is 1070. The average Bonchev–Trinajstić information content (AvgIpc) is 3.27. The van der Waals surface area contributed by atoms with Crippen molar-refractivity contribution in [3.8, 4) is 0 Å². The van der Waals surface area contributed by atoms with Gasteiger partial charge in [-0.05, 0) is 29.1 Å². The van der Waals surface area contributed by atoms with Gasteiger partial charge in [0, 0.05) is 31.5 Å². The summed E-state index contributed by atoms with van der Waals surface area (Å²) in [4.78, 5) is 15.2. The minimum atomic E-state index is -4.10. The number of halogens is 1. The van der Waals surface area contributed by atoms with E-state index < -0.39 is 22.0 Å². The molecule has 7 nitrogen and oxygen atoms in total. The lowest BCUT2D eigenvalue weighted by Gasteiger charge is -2.27. The predicted molar refractivity (Wildman–Crippen MR) is 103 cm³/mol. The zero-order chi connectivity index (χ0) is 19.8. The summed E-state index contributed by atoms with van der Waals surface area (Å²) in [5.41, 5.74) is 0.659. The van der Waals surface area contributed by atoms with E-state index in [1.54, 1.807) is 48.3 Å². The average molecular weight is 426 g/mol. The minimum Gasteiger partial charge on any atom is -0.477 e. The van der Waals surface area contributed by atoms with Gasteiger partial charge in [-0.3, -0.25) is 0 Å². The number of aromatic carboxylic acids is 1. The monoisotopic (exact) mass is 425 g/mol. The molecule has 0 saturated heterocycles.